The summed E-state index contributed by atoms with van der Waals surface area (Å²) in [5.74, 6) is 0.204. The van der Waals surface area contributed by atoms with Gasteiger partial charge in [-0.25, -0.2) is 0 Å². The lowest BCUT2D eigenvalue weighted by molar-refractivity contribution is -0.121. The Balaban J connectivity index is 3.24. The summed E-state index contributed by atoms with van der Waals surface area (Å²) in [6, 6.07) is 0.203. The number of nitrogens with one attached hydrogen (secondary N) is 4. The summed E-state index contributed by atoms with van der Waals surface area (Å²) in [5.41, 5.74) is 11.6. The molecule has 0 aliphatic rings. The molecule has 0 aliphatic carbocycles. The summed E-state index contributed by atoms with van der Waals surface area (Å²) in [7, 11) is 0. The van der Waals surface area contributed by atoms with E-state index in [1.54, 1.807) is 0 Å². The molecular formula is C24H54N6O. The van der Waals surface area contributed by atoms with E-state index in [-0.39, 0.29) is 11.9 Å². The number of unbranched alkanes of at least 4 members (excludes halogenated alkanes) is 6. The van der Waals surface area contributed by atoms with E-state index in [9.17, 15) is 4.79 Å². The summed E-state index contributed by atoms with van der Waals surface area (Å²) < 4.78 is 0. The molecule has 0 rings (SSSR count). The number of nitrogens with two attached hydrogens (primary N) is 2. The van der Waals surface area contributed by atoms with Gasteiger partial charge in [-0.05, 0) is 84.2 Å². The van der Waals surface area contributed by atoms with E-state index in [2.05, 4.69) is 28.2 Å². The van der Waals surface area contributed by atoms with Crippen LogP contribution in [-0.4, -0.2) is 64.3 Å². The fourth-order valence-electron chi connectivity index (χ4n) is 3.44. The highest BCUT2D eigenvalue weighted by molar-refractivity contribution is 5.75. The fraction of sp³-hybridized carbons (Fsp3) is 0.958. The van der Waals surface area contributed by atoms with E-state index in [1.165, 1.54) is 38.5 Å². The number of amides is 1. The molecule has 186 valence electrons. The first-order valence-electron chi connectivity index (χ1n) is 13.0. The molecular weight excluding hydrogens is 388 g/mol. The van der Waals surface area contributed by atoms with Crippen LogP contribution < -0.4 is 32.7 Å². The lowest BCUT2D eigenvalue weighted by Gasteiger charge is -2.13. The first-order chi connectivity index (χ1) is 15.2. The molecule has 0 unspecified atom stereocenters. The molecule has 0 aromatic heterocycles. The predicted octanol–water partition coefficient (Wildman–Crippen LogP) is 2.25. The SMILES string of the molecule is CCCCCCCC(=O)NCCCC[C@H](N)CNCCCNCCCCNCCCN. The second-order valence-corrected chi connectivity index (χ2v) is 8.68. The van der Waals surface area contributed by atoms with Crippen molar-refractivity contribution in [2.24, 2.45) is 11.5 Å². The van der Waals surface area contributed by atoms with Gasteiger partial charge < -0.3 is 32.7 Å². The summed E-state index contributed by atoms with van der Waals surface area (Å²) in [4.78, 5) is 11.8. The average Bonchev–Trinajstić information content (AvgIpc) is 2.76. The zero-order valence-electron chi connectivity index (χ0n) is 20.5. The lowest BCUT2D eigenvalue weighted by Crippen LogP contribution is -2.35. The quantitative estimate of drug-likeness (QED) is 0.121. The molecule has 0 heterocycles. The van der Waals surface area contributed by atoms with Gasteiger partial charge in [-0.2, -0.15) is 0 Å². The van der Waals surface area contributed by atoms with Gasteiger partial charge in [0.05, 0.1) is 0 Å². The molecule has 0 fully saturated rings. The molecule has 0 saturated carbocycles. The van der Waals surface area contributed by atoms with Crippen LogP contribution in [0.4, 0.5) is 0 Å². The van der Waals surface area contributed by atoms with E-state index < -0.39 is 0 Å². The predicted molar refractivity (Wildman–Crippen MR) is 134 cm³/mol. The molecule has 1 amide bonds. The molecule has 0 radical (unpaired) electrons. The maximum Gasteiger partial charge on any atom is 0.219 e. The van der Waals surface area contributed by atoms with Gasteiger partial charge in [0.25, 0.3) is 0 Å². The third kappa shape index (κ3) is 25.4. The Labute approximate surface area is 192 Å². The summed E-state index contributed by atoms with van der Waals surface area (Å²) in [6.07, 6.45) is 14.4. The highest BCUT2D eigenvalue weighted by Crippen LogP contribution is 2.05. The van der Waals surface area contributed by atoms with Crippen LogP contribution in [0.25, 0.3) is 0 Å². The summed E-state index contributed by atoms with van der Waals surface area (Å²) >= 11 is 0. The van der Waals surface area contributed by atoms with E-state index in [4.69, 9.17) is 11.5 Å². The Morgan fingerprint density at radius 1 is 0.710 bits per heavy atom. The zero-order valence-corrected chi connectivity index (χ0v) is 20.5. The van der Waals surface area contributed by atoms with Crippen LogP contribution in [0.5, 0.6) is 0 Å². The van der Waals surface area contributed by atoms with Crippen LogP contribution >= 0.6 is 0 Å². The van der Waals surface area contributed by atoms with Crippen molar-refractivity contribution in [1.29, 1.82) is 0 Å². The first kappa shape index (κ1) is 30.3. The molecule has 1 atom stereocenters. The summed E-state index contributed by atoms with van der Waals surface area (Å²) in [5, 5.41) is 13.4. The van der Waals surface area contributed by atoms with Crippen LogP contribution in [0.15, 0.2) is 0 Å². The molecule has 31 heavy (non-hydrogen) atoms. The van der Waals surface area contributed by atoms with Crippen molar-refractivity contribution in [3.05, 3.63) is 0 Å². The van der Waals surface area contributed by atoms with Gasteiger partial charge in [-0.15, -0.1) is 0 Å². The van der Waals surface area contributed by atoms with E-state index in [0.29, 0.717) is 6.42 Å². The first-order valence-corrected chi connectivity index (χ1v) is 13.0. The van der Waals surface area contributed by atoms with Gasteiger partial charge in [0.1, 0.15) is 0 Å². The Bertz CT molecular complexity index is 370. The average molecular weight is 443 g/mol. The standard InChI is InChI=1S/C24H54N6O/c1-2-3-4-5-6-14-24(31)30-21-8-7-13-23(26)22-29-20-12-19-28-17-10-9-16-27-18-11-15-25/h23,27-29H,2-22,25-26H2,1H3,(H,30,31)/t23-/m0/s1. The highest BCUT2D eigenvalue weighted by atomic mass is 16.1. The van der Waals surface area contributed by atoms with Crippen molar-refractivity contribution in [3.63, 3.8) is 0 Å². The highest BCUT2D eigenvalue weighted by Gasteiger charge is 2.03. The minimum Gasteiger partial charge on any atom is -0.356 e. The van der Waals surface area contributed by atoms with Crippen molar-refractivity contribution in [3.8, 4) is 0 Å². The Kier molecular flexibility index (Phi) is 24.9. The molecule has 0 spiro atoms. The molecule has 7 heteroatoms. The fourth-order valence-corrected chi connectivity index (χ4v) is 3.44. The molecule has 0 bridgehead atoms. The largest absolute Gasteiger partial charge is 0.356 e. The van der Waals surface area contributed by atoms with Gasteiger partial charge in [0, 0.05) is 25.6 Å². The summed E-state index contributed by atoms with van der Waals surface area (Å²) in [6.45, 7) is 9.92. The Morgan fingerprint density at radius 2 is 1.32 bits per heavy atom. The molecule has 0 aliphatic heterocycles. The van der Waals surface area contributed by atoms with Crippen LogP contribution in [0.2, 0.25) is 0 Å². The molecule has 0 aromatic carbocycles. The second-order valence-electron chi connectivity index (χ2n) is 8.68. The minimum absolute atomic E-state index is 0.203. The number of carbonyl (C=O) groups is 1. The normalized spacial score (nSPS) is 12.2. The van der Waals surface area contributed by atoms with Crippen LogP contribution in [0.3, 0.4) is 0 Å². The Hall–Kier alpha value is -0.730. The van der Waals surface area contributed by atoms with Crippen LogP contribution in [0, 0.1) is 0 Å². The molecule has 0 saturated heterocycles. The third-order valence-electron chi connectivity index (χ3n) is 5.46. The van der Waals surface area contributed by atoms with Gasteiger partial charge in [-0.1, -0.05) is 39.0 Å². The van der Waals surface area contributed by atoms with Crippen LogP contribution in [-0.2, 0) is 4.79 Å². The minimum atomic E-state index is 0.203. The molecule has 8 N–H and O–H groups in total. The molecule has 0 aromatic rings. The maximum atomic E-state index is 11.8. The topological polar surface area (TPSA) is 117 Å². The number of hydrogen-bond donors (Lipinski definition) is 6. The van der Waals surface area contributed by atoms with E-state index in [1.807, 2.05) is 0 Å². The van der Waals surface area contributed by atoms with Crippen molar-refractivity contribution in [2.45, 2.75) is 96.4 Å². The van der Waals surface area contributed by atoms with Crippen molar-refractivity contribution in [2.75, 3.05) is 52.4 Å². The van der Waals surface area contributed by atoms with E-state index >= 15 is 0 Å². The Morgan fingerprint density at radius 3 is 2.03 bits per heavy atom. The van der Waals surface area contributed by atoms with E-state index in [0.717, 1.165) is 90.9 Å². The van der Waals surface area contributed by atoms with Gasteiger partial charge in [0.15, 0.2) is 0 Å². The lowest BCUT2D eigenvalue weighted by atomic mass is 10.1. The van der Waals surface area contributed by atoms with Gasteiger partial charge in [-0.3, -0.25) is 4.79 Å². The van der Waals surface area contributed by atoms with Gasteiger partial charge in [0.2, 0.25) is 5.91 Å². The van der Waals surface area contributed by atoms with Gasteiger partial charge >= 0.3 is 0 Å². The third-order valence-corrected chi connectivity index (χ3v) is 5.46. The second kappa shape index (κ2) is 25.5. The van der Waals surface area contributed by atoms with Crippen molar-refractivity contribution < 1.29 is 4.79 Å². The zero-order chi connectivity index (χ0) is 22.8. The molecule has 7 nitrogen and oxygen atoms in total. The van der Waals surface area contributed by atoms with Crippen molar-refractivity contribution >= 4 is 5.91 Å². The van der Waals surface area contributed by atoms with Crippen molar-refractivity contribution in [1.82, 2.24) is 21.3 Å². The number of hydrogen-bond acceptors (Lipinski definition) is 6. The maximum absolute atomic E-state index is 11.8. The monoisotopic (exact) mass is 442 g/mol. The van der Waals surface area contributed by atoms with Crippen LogP contribution in [0.1, 0.15) is 90.4 Å². The number of carbonyl (C=O) groups excluding carboxylic acids is 1. The number of rotatable bonds is 25. The smallest absolute Gasteiger partial charge is 0.219 e.